The molecule has 6 nitrogen and oxygen atoms in total. The number of rotatable bonds is 6. The van der Waals surface area contributed by atoms with Crippen LogP contribution in [0.2, 0.25) is 0 Å². The van der Waals surface area contributed by atoms with E-state index in [1.165, 1.54) is 25.7 Å². The molecule has 1 spiro atoms. The summed E-state index contributed by atoms with van der Waals surface area (Å²) in [5.74, 6) is 1.71. The topological polar surface area (TPSA) is 69.4 Å². The van der Waals surface area contributed by atoms with Gasteiger partial charge in [-0.05, 0) is 39.0 Å². The van der Waals surface area contributed by atoms with Crippen LogP contribution in [0, 0.1) is 5.41 Å². The van der Waals surface area contributed by atoms with Crippen LogP contribution >= 0.6 is 0 Å². The summed E-state index contributed by atoms with van der Waals surface area (Å²) in [6.45, 7) is 5.13. The van der Waals surface area contributed by atoms with Crippen molar-refractivity contribution >= 4 is 0 Å². The van der Waals surface area contributed by atoms with Crippen LogP contribution < -0.4 is 5.32 Å². The smallest absolute Gasteiger partial charge is 0.230 e. The molecule has 134 valence electrons. The molecule has 3 aliphatic rings. The second-order valence-corrected chi connectivity index (χ2v) is 7.50. The highest BCUT2D eigenvalue weighted by atomic mass is 16.5. The lowest BCUT2D eigenvalue weighted by molar-refractivity contribution is -0.131. The maximum atomic E-state index is 5.98. The van der Waals surface area contributed by atoms with Gasteiger partial charge in [0.1, 0.15) is 0 Å². The van der Waals surface area contributed by atoms with E-state index in [0.29, 0.717) is 36.6 Å². The van der Waals surface area contributed by atoms with E-state index in [-0.39, 0.29) is 5.92 Å². The molecule has 2 heterocycles. The first-order valence-electron chi connectivity index (χ1n) is 9.57. The Hall–Kier alpha value is -0.980. The van der Waals surface area contributed by atoms with Gasteiger partial charge in [0, 0.05) is 24.7 Å². The van der Waals surface area contributed by atoms with Crippen LogP contribution in [-0.4, -0.2) is 42.2 Å². The van der Waals surface area contributed by atoms with Crippen molar-refractivity contribution in [3.05, 3.63) is 11.8 Å². The maximum Gasteiger partial charge on any atom is 0.230 e. The Morgan fingerprint density at radius 2 is 2.12 bits per heavy atom. The second-order valence-electron chi connectivity index (χ2n) is 7.50. The van der Waals surface area contributed by atoms with Gasteiger partial charge in [-0.1, -0.05) is 12.8 Å². The third-order valence-electron chi connectivity index (χ3n) is 6.18. The van der Waals surface area contributed by atoms with Gasteiger partial charge >= 0.3 is 0 Å². The van der Waals surface area contributed by atoms with Gasteiger partial charge in [0.15, 0.2) is 0 Å². The highest BCUT2D eigenvalue weighted by molar-refractivity contribution is 5.10. The Balaban J connectivity index is 1.33. The second kappa shape index (κ2) is 7.10. The van der Waals surface area contributed by atoms with Crippen LogP contribution in [0.5, 0.6) is 0 Å². The highest BCUT2D eigenvalue weighted by Crippen LogP contribution is 2.54. The third-order valence-corrected chi connectivity index (χ3v) is 6.18. The molecule has 0 aromatic carbocycles. The zero-order valence-corrected chi connectivity index (χ0v) is 14.6. The summed E-state index contributed by atoms with van der Waals surface area (Å²) in [6.07, 6.45) is 8.90. The summed E-state index contributed by atoms with van der Waals surface area (Å²) >= 11 is 0. The van der Waals surface area contributed by atoms with Crippen molar-refractivity contribution in [2.24, 2.45) is 5.41 Å². The zero-order valence-electron chi connectivity index (χ0n) is 14.6. The minimum Gasteiger partial charge on any atom is -0.423 e. The van der Waals surface area contributed by atoms with Gasteiger partial charge < -0.3 is 19.2 Å². The number of aromatic nitrogens is 2. The molecule has 1 aromatic heterocycles. The van der Waals surface area contributed by atoms with Crippen molar-refractivity contribution in [2.75, 3.05) is 19.8 Å². The Kier molecular flexibility index (Phi) is 4.88. The first-order chi connectivity index (χ1) is 11.8. The lowest BCUT2D eigenvalue weighted by atomic mass is 9.60. The molecule has 0 amide bonds. The summed E-state index contributed by atoms with van der Waals surface area (Å²) in [5.41, 5.74) is 0.343. The average Bonchev–Trinajstić information content (AvgIpc) is 3.29. The van der Waals surface area contributed by atoms with E-state index in [2.05, 4.69) is 22.4 Å². The Labute approximate surface area is 143 Å². The fourth-order valence-electron chi connectivity index (χ4n) is 4.82. The number of ether oxygens (including phenoxy) is 2. The van der Waals surface area contributed by atoms with Gasteiger partial charge in [-0.15, -0.1) is 10.2 Å². The quantitative estimate of drug-likeness (QED) is 0.862. The molecule has 3 unspecified atom stereocenters. The molecule has 2 saturated carbocycles. The highest BCUT2D eigenvalue weighted by Gasteiger charge is 2.56. The number of hydrogen-bond acceptors (Lipinski definition) is 6. The first kappa shape index (κ1) is 16.5. The minimum atomic E-state index is 0.271. The Morgan fingerprint density at radius 1 is 1.25 bits per heavy atom. The Bertz CT molecular complexity index is 535. The van der Waals surface area contributed by atoms with Crippen molar-refractivity contribution in [3.8, 4) is 0 Å². The molecule has 1 N–H and O–H groups in total. The van der Waals surface area contributed by atoms with Gasteiger partial charge in [0.25, 0.3) is 0 Å². The Morgan fingerprint density at radius 3 is 2.88 bits per heavy atom. The summed E-state index contributed by atoms with van der Waals surface area (Å²) in [4.78, 5) is 0. The van der Waals surface area contributed by atoms with Gasteiger partial charge in [-0.25, -0.2) is 0 Å². The molecule has 0 bridgehead atoms. The van der Waals surface area contributed by atoms with Crippen LogP contribution in [-0.2, 0) is 16.0 Å². The standard InChI is InChI=1S/C18H29N3O3/c1-2-23-15-10-14(18(15)7-3-4-8-18)19-11-16-20-21-17(24-16)13-6-5-9-22-12-13/h13-15,19H,2-12H2,1H3. The molecule has 1 saturated heterocycles. The zero-order chi connectivity index (χ0) is 16.4. The van der Waals surface area contributed by atoms with Crippen molar-refractivity contribution in [1.82, 2.24) is 15.5 Å². The van der Waals surface area contributed by atoms with E-state index in [4.69, 9.17) is 13.9 Å². The molecule has 24 heavy (non-hydrogen) atoms. The molecule has 3 fully saturated rings. The molecule has 2 aliphatic carbocycles. The van der Waals surface area contributed by atoms with Crippen molar-refractivity contribution in [3.63, 3.8) is 0 Å². The van der Waals surface area contributed by atoms with E-state index >= 15 is 0 Å². The predicted octanol–water partition coefficient (Wildman–Crippen LogP) is 2.79. The minimum absolute atomic E-state index is 0.271. The van der Waals surface area contributed by atoms with Crippen LogP contribution in [0.25, 0.3) is 0 Å². The predicted molar refractivity (Wildman–Crippen MR) is 88.7 cm³/mol. The van der Waals surface area contributed by atoms with Crippen LogP contribution in [0.4, 0.5) is 0 Å². The van der Waals surface area contributed by atoms with E-state index in [1.807, 2.05) is 0 Å². The molecule has 0 radical (unpaired) electrons. The van der Waals surface area contributed by atoms with Crippen LogP contribution in [0.15, 0.2) is 4.42 Å². The van der Waals surface area contributed by atoms with Gasteiger partial charge in [0.2, 0.25) is 11.8 Å². The summed E-state index contributed by atoms with van der Waals surface area (Å²) in [5, 5.41) is 12.1. The number of hydrogen-bond donors (Lipinski definition) is 1. The fourth-order valence-corrected chi connectivity index (χ4v) is 4.82. The molecular formula is C18H29N3O3. The molecule has 6 heteroatoms. The lowest BCUT2D eigenvalue weighted by Gasteiger charge is -2.54. The largest absolute Gasteiger partial charge is 0.423 e. The summed E-state index contributed by atoms with van der Waals surface area (Å²) < 4.78 is 17.4. The first-order valence-corrected chi connectivity index (χ1v) is 9.57. The van der Waals surface area contributed by atoms with E-state index in [1.54, 1.807) is 0 Å². The number of nitrogens with one attached hydrogen (secondary N) is 1. The normalized spacial score (nSPS) is 32.1. The average molecular weight is 335 g/mol. The van der Waals surface area contributed by atoms with E-state index in [9.17, 15) is 0 Å². The SMILES string of the molecule is CCOC1CC(NCc2nnc(C3CCCOC3)o2)C12CCCC2. The molecule has 1 aromatic rings. The molecular weight excluding hydrogens is 306 g/mol. The van der Waals surface area contributed by atoms with Gasteiger partial charge in [-0.3, -0.25) is 0 Å². The third kappa shape index (κ3) is 3.00. The van der Waals surface area contributed by atoms with Gasteiger partial charge in [-0.2, -0.15) is 0 Å². The molecule has 3 atom stereocenters. The summed E-state index contributed by atoms with van der Waals surface area (Å²) in [7, 11) is 0. The van der Waals surface area contributed by atoms with E-state index < -0.39 is 0 Å². The van der Waals surface area contributed by atoms with Gasteiger partial charge in [0.05, 0.1) is 25.2 Å². The monoisotopic (exact) mass is 335 g/mol. The van der Waals surface area contributed by atoms with Crippen molar-refractivity contribution in [2.45, 2.75) is 76.5 Å². The van der Waals surface area contributed by atoms with Crippen LogP contribution in [0.3, 0.4) is 0 Å². The maximum absolute atomic E-state index is 5.98. The molecule has 4 rings (SSSR count). The van der Waals surface area contributed by atoms with E-state index in [0.717, 1.165) is 38.4 Å². The lowest BCUT2D eigenvalue weighted by Crippen LogP contribution is -2.62. The van der Waals surface area contributed by atoms with Crippen molar-refractivity contribution in [1.29, 1.82) is 0 Å². The van der Waals surface area contributed by atoms with Crippen LogP contribution in [0.1, 0.15) is 69.6 Å². The molecule has 1 aliphatic heterocycles. The number of nitrogens with zero attached hydrogens (tertiary/aromatic N) is 2. The van der Waals surface area contributed by atoms with Crippen molar-refractivity contribution < 1.29 is 13.9 Å². The fraction of sp³-hybridized carbons (Fsp3) is 0.889. The summed E-state index contributed by atoms with van der Waals surface area (Å²) in [6, 6.07) is 0.518.